The van der Waals surface area contributed by atoms with Crippen molar-refractivity contribution in [2.24, 2.45) is 5.92 Å². The Bertz CT molecular complexity index is 614. The van der Waals surface area contributed by atoms with Crippen molar-refractivity contribution in [2.75, 3.05) is 32.8 Å². The highest BCUT2D eigenvalue weighted by molar-refractivity contribution is 7.40. The van der Waals surface area contributed by atoms with Gasteiger partial charge < -0.3 is 0 Å². The van der Waals surface area contributed by atoms with E-state index in [1.165, 1.54) is 12.1 Å². The van der Waals surface area contributed by atoms with E-state index in [0.717, 1.165) is 52.2 Å². The van der Waals surface area contributed by atoms with Gasteiger partial charge in [0.1, 0.15) is 0 Å². The van der Waals surface area contributed by atoms with Gasteiger partial charge in [-0.05, 0) is 56.2 Å². The lowest BCUT2D eigenvalue weighted by Gasteiger charge is -2.30. The fourth-order valence-electron chi connectivity index (χ4n) is 2.84. The summed E-state index contributed by atoms with van der Waals surface area (Å²) in [5.41, 5.74) is 0.796. The quantitative estimate of drug-likeness (QED) is 0.648. The van der Waals surface area contributed by atoms with E-state index in [-0.39, 0.29) is 0 Å². The summed E-state index contributed by atoms with van der Waals surface area (Å²) in [7, 11) is 0.916. The van der Waals surface area contributed by atoms with Crippen molar-refractivity contribution < 1.29 is 13.2 Å². The average Bonchev–Trinajstić information content (AvgIpc) is 2.57. The lowest BCUT2D eigenvalue weighted by Crippen LogP contribution is -2.38. The monoisotopic (exact) mass is 355 g/mol. The number of hydrogen-bond acceptors (Lipinski definition) is 2. The zero-order chi connectivity index (χ0) is 17.6. The predicted octanol–water partition coefficient (Wildman–Crippen LogP) is 3.58. The Morgan fingerprint density at radius 3 is 2.67 bits per heavy atom. The summed E-state index contributed by atoms with van der Waals surface area (Å²) in [5, 5.41) is 12.0. The Morgan fingerprint density at radius 1 is 1.38 bits per heavy atom. The number of likely N-dealkylation sites (tertiary alicyclic amines) is 1. The number of piperidine rings is 1. The first-order valence-electron chi connectivity index (χ1n) is 7.91. The molecule has 0 atom stereocenters. The van der Waals surface area contributed by atoms with Gasteiger partial charge in [0, 0.05) is 12.0 Å². The van der Waals surface area contributed by atoms with Crippen LogP contribution in [0.1, 0.15) is 24.0 Å². The molecule has 3 nitrogen and oxygen atoms in total. The SMILES string of the molecule is C/P=C(\NCC1CCN(CC#N)CC1)c1cccc(C(F)(F)F)c1. The van der Waals surface area contributed by atoms with Crippen LogP contribution < -0.4 is 5.32 Å². The summed E-state index contributed by atoms with van der Waals surface area (Å²) in [6.45, 7) is 4.95. The van der Waals surface area contributed by atoms with Crippen LogP contribution in [-0.4, -0.2) is 43.2 Å². The summed E-state index contributed by atoms with van der Waals surface area (Å²) in [5.74, 6) is 0.488. The van der Waals surface area contributed by atoms with Crippen LogP contribution in [0.3, 0.4) is 0 Å². The van der Waals surface area contributed by atoms with Gasteiger partial charge >= 0.3 is 6.18 Å². The molecule has 24 heavy (non-hydrogen) atoms. The van der Waals surface area contributed by atoms with Gasteiger partial charge in [-0.2, -0.15) is 18.4 Å². The van der Waals surface area contributed by atoms with Crippen LogP contribution in [0.2, 0.25) is 0 Å². The first kappa shape index (κ1) is 18.9. The lowest BCUT2D eigenvalue weighted by atomic mass is 9.96. The molecule has 130 valence electrons. The molecule has 1 aliphatic rings. The number of benzene rings is 1. The van der Waals surface area contributed by atoms with Gasteiger partial charge in [-0.15, -0.1) is 0 Å². The zero-order valence-corrected chi connectivity index (χ0v) is 14.5. The van der Waals surface area contributed by atoms with Crippen LogP contribution in [0, 0.1) is 17.2 Å². The van der Waals surface area contributed by atoms with E-state index < -0.39 is 11.7 Å². The topological polar surface area (TPSA) is 39.1 Å². The normalized spacial score (nSPS) is 17.7. The molecule has 1 aromatic carbocycles. The molecule has 1 heterocycles. The fraction of sp³-hybridized carbons (Fsp3) is 0.529. The largest absolute Gasteiger partial charge is 0.416 e. The Balaban J connectivity index is 1.93. The summed E-state index contributed by atoms with van der Waals surface area (Å²) >= 11 is 0. The Labute approximate surface area is 142 Å². The number of rotatable bonds is 5. The molecule has 0 aromatic heterocycles. The Morgan fingerprint density at radius 2 is 2.08 bits per heavy atom. The van der Waals surface area contributed by atoms with Crippen molar-refractivity contribution in [3.8, 4) is 6.07 Å². The zero-order valence-electron chi connectivity index (χ0n) is 13.6. The molecule has 7 heteroatoms. The number of hydrogen-bond donors (Lipinski definition) is 1. The van der Waals surface area contributed by atoms with Gasteiger partial charge in [-0.3, -0.25) is 10.2 Å². The maximum absolute atomic E-state index is 12.9. The molecular formula is C17H21F3N3P. The molecule has 1 aromatic rings. The van der Waals surface area contributed by atoms with Crippen molar-refractivity contribution in [1.82, 2.24) is 10.2 Å². The van der Waals surface area contributed by atoms with Crippen LogP contribution in [0.25, 0.3) is 0 Å². The van der Waals surface area contributed by atoms with Gasteiger partial charge in [-0.1, -0.05) is 20.3 Å². The highest BCUT2D eigenvalue weighted by atomic mass is 31.1. The number of halogens is 3. The molecule has 1 aliphatic heterocycles. The van der Waals surface area contributed by atoms with Crippen molar-refractivity contribution >= 4 is 13.6 Å². The molecule has 1 N–H and O–H groups in total. The molecule has 0 aliphatic carbocycles. The molecule has 0 amide bonds. The molecular weight excluding hydrogens is 334 g/mol. The lowest BCUT2D eigenvalue weighted by molar-refractivity contribution is -0.137. The second-order valence-electron chi connectivity index (χ2n) is 5.91. The van der Waals surface area contributed by atoms with Gasteiger partial charge in [-0.25, -0.2) is 0 Å². The van der Waals surface area contributed by atoms with Gasteiger partial charge in [0.15, 0.2) is 0 Å². The standard InChI is InChI=1S/C17H21F3N3P/c1-24-16(14-3-2-4-15(11-14)17(18,19)20)22-12-13-5-8-23(9-6-13)10-7-21/h2-4,11,13,22H,5-6,8-10,12H2,1H3. The smallest absolute Gasteiger partial charge is 0.291 e. The Kier molecular flexibility index (Phi) is 6.79. The molecule has 0 saturated carbocycles. The van der Waals surface area contributed by atoms with Crippen LogP contribution in [0.5, 0.6) is 0 Å². The third kappa shape index (κ3) is 5.31. The highest BCUT2D eigenvalue weighted by Crippen LogP contribution is 2.29. The molecule has 0 spiro atoms. The molecule has 1 fully saturated rings. The summed E-state index contributed by atoms with van der Waals surface area (Å²) in [6, 6.07) is 7.62. The number of nitrogens with one attached hydrogen (secondary N) is 1. The van der Waals surface area contributed by atoms with E-state index in [9.17, 15) is 13.2 Å². The van der Waals surface area contributed by atoms with Crippen molar-refractivity contribution in [3.05, 3.63) is 35.4 Å². The number of nitrogens with zero attached hydrogens (tertiary/aromatic N) is 2. The molecule has 1 saturated heterocycles. The van der Waals surface area contributed by atoms with E-state index in [2.05, 4.69) is 16.3 Å². The Hall–Kier alpha value is -1.41. The minimum atomic E-state index is -4.32. The molecule has 0 unspecified atom stereocenters. The predicted molar refractivity (Wildman–Crippen MR) is 91.2 cm³/mol. The van der Waals surface area contributed by atoms with Gasteiger partial charge in [0.05, 0.1) is 18.2 Å². The highest BCUT2D eigenvalue weighted by Gasteiger charge is 2.30. The van der Waals surface area contributed by atoms with E-state index in [0.29, 0.717) is 18.0 Å². The fourth-order valence-corrected chi connectivity index (χ4v) is 3.49. The summed E-state index contributed by atoms with van der Waals surface area (Å²) < 4.78 is 38.6. The molecule has 2 rings (SSSR count). The number of nitriles is 1. The first-order valence-corrected chi connectivity index (χ1v) is 9.25. The van der Waals surface area contributed by atoms with E-state index in [4.69, 9.17) is 5.26 Å². The van der Waals surface area contributed by atoms with Crippen LogP contribution >= 0.6 is 8.20 Å². The van der Waals surface area contributed by atoms with Crippen LogP contribution in [-0.2, 0) is 6.18 Å². The van der Waals surface area contributed by atoms with Gasteiger partial charge in [0.2, 0.25) is 0 Å². The maximum atomic E-state index is 12.9. The van der Waals surface area contributed by atoms with Gasteiger partial charge in [0.25, 0.3) is 0 Å². The maximum Gasteiger partial charge on any atom is 0.416 e. The first-order chi connectivity index (χ1) is 11.4. The minimum absolute atomic E-state index is 0.468. The third-order valence-electron chi connectivity index (χ3n) is 4.25. The molecule has 0 bridgehead atoms. The van der Waals surface area contributed by atoms with E-state index in [1.807, 2.05) is 6.66 Å². The van der Waals surface area contributed by atoms with Crippen molar-refractivity contribution in [3.63, 3.8) is 0 Å². The van der Waals surface area contributed by atoms with Crippen LogP contribution in [0.15, 0.2) is 24.3 Å². The van der Waals surface area contributed by atoms with E-state index >= 15 is 0 Å². The average molecular weight is 355 g/mol. The van der Waals surface area contributed by atoms with Crippen LogP contribution in [0.4, 0.5) is 13.2 Å². The second-order valence-corrected chi connectivity index (χ2v) is 6.80. The number of alkyl halides is 3. The van der Waals surface area contributed by atoms with E-state index in [1.54, 1.807) is 6.07 Å². The second kappa shape index (κ2) is 8.62. The summed E-state index contributed by atoms with van der Waals surface area (Å²) in [6.07, 6.45) is -2.31. The van der Waals surface area contributed by atoms with Crippen molar-refractivity contribution in [2.45, 2.75) is 19.0 Å². The van der Waals surface area contributed by atoms with Crippen molar-refractivity contribution in [1.29, 1.82) is 5.26 Å². The molecule has 0 radical (unpaired) electrons. The third-order valence-corrected chi connectivity index (χ3v) is 5.11. The summed E-state index contributed by atoms with van der Waals surface area (Å²) in [4.78, 5) is 2.13. The minimum Gasteiger partial charge on any atom is -0.291 e.